The van der Waals surface area contributed by atoms with Gasteiger partial charge in [-0.25, -0.2) is 0 Å². The fourth-order valence-corrected chi connectivity index (χ4v) is 3.49. The minimum absolute atomic E-state index is 0.0739. The van der Waals surface area contributed by atoms with Gasteiger partial charge >= 0.3 is 0 Å². The van der Waals surface area contributed by atoms with Crippen LogP contribution in [0.2, 0.25) is 5.02 Å². The Hall–Kier alpha value is -2.26. The monoisotopic (exact) mass is 354 g/mol. The third-order valence-corrected chi connectivity index (χ3v) is 4.85. The second-order valence-electron chi connectivity index (χ2n) is 6.41. The maximum absolute atomic E-state index is 13.1. The SMILES string of the molecule is CCCCn1c(C(=O)Nc2ccc(Cl)cc2C)c(C)c2ccccc21. The number of carbonyl (C=O) groups excluding carboxylic acids is 1. The molecule has 0 aliphatic rings. The van der Waals surface area contributed by atoms with Crippen molar-refractivity contribution in [2.24, 2.45) is 0 Å². The highest BCUT2D eigenvalue weighted by Gasteiger charge is 2.20. The molecule has 1 aromatic heterocycles. The number of aryl methyl sites for hydroxylation is 3. The lowest BCUT2D eigenvalue weighted by molar-refractivity contribution is 0.101. The number of fused-ring (bicyclic) bond motifs is 1. The summed E-state index contributed by atoms with van der Waals surface area (Å²) < 4.78 is 2.15. The van der Waals surface area contributed by atoms with Crippen LogP contribution in [0.4, 0.5) is 5.69 Å². The van der Waals surface area contributed by atoms with Crippen LogP contribution in [-0.2, 0) is 6.54 Å². The number of halogens is 1. The van der Waals surface area contributed by atoms with Gasteiger partial charge in [-0.05, 0) is 55.7 Å². The molecule has 3 nitrogen and oxygen atoms in total. The molecule has 0 spiro atoms. The molecule has 0 saturated heterocycles. The van der Waals surface area contributed by atoms with E-state index >= 15 is 0 Å². The van der Waals surface area contributed by atoms with Gasteiger partial charge in [-0.3, -0.25) is 4.79 Å². The minimum Gasteiger partial charge on any atom is -0.336 e. The summed E-state index contributed by atoms with van der Waals surface area (Å²) in [4.78, 5) is 13.1. The summed E-state index contributed by atoms with van der Waals surface area (Å²) >= 11 is 6.01. The quantitative estimate of drug-likeness (QED) is 0.602. The number of anilines is 1. The predicted molar refractivity (Wildman–Crippen MR) is 106 cm³/mol. The number of nitrogens with one attached hydrogen (secondary N) is 1. The van der Waals surface area contributed by atoms with Crippen LogP contribution in [0.25, 0.3) is 10.9 Å². The van der Waals surface area contributed by atoms with E-state index in [0.29, 0.717) is 5.02 Å². The average molecular weight is 355 g/mol. The molecule has 0 fully saturated rings. The maximum atomic E-state index is 13.1. The topological polar surface area (TPSA) is 34.0 Å². The van der Waals surface area contributed by atoms with Crippen LogP contribution in [0, 0.1) is 13.8 Å². The molecule has 0 bridgehead atoms. The molecular weight excluding hydrogens is 332 g/mol. The van der Waals surface area contributed by atoms with E-state index in [9.17, 15) is 4.79 Å². The van der Waals surface area contributed by atoms with Gasteiger partial charge in [-0.2, -0.15) is 0 Å². The van der Waals surface area contributed by atoms with E-state index in [2.05, 4.69) is 28.9 Å². The maximum Gasteiger partial charge on any atom is 0.272 e. The Bertz CT molecular complexity index is 927. The third-order valence-electron chi connectivity index (χ3n) is 4.61. The van der Waals surface area contributed by atoms with E-state index in [1.165, 1.54) is 0 Å². The van der Waals surface area contributed by atoms with E-state index in [1.54, 1.807) is 6.07 Å². The first kappa shape index (κ1) is 17.6. The number of nitrogens with zero attached hydrogens (tertiary/aromatic N) is 1. The molecule has 1 N–H and O–H groups in total. The predicted octanol–water partition coefficient (Wildman–Crippen LogP) is 5.96. The fourth-order valence-electron chi connectivity index (χ4n) is 3.27. The van der Waals surface area contributed by atoms with Crippen molar-refractivity contribution in [3.63, 3.8) is 0 Å². The van der Waals surface area contributed by atoms with Gasteiger partial charge in [0.05, 0.1) is 0 Å². The molecule has 4 heteroatoms. The van der Waals surface area contributed by atoms with E-state index in [1.807, 2.05) is 38.1 Å². The highest BCUT2D eigenvalue weighted by molar-refractivity contribution is 6.30. The van der Waals surface area contributed by atoms with Crippen molar-refractivity contribution in [1.82, 2.24) is 4.57 Å². The summed E-state index contributed by atoms with van der Waals surface area (Å²) in [7, 11) is 0. The first-order chi connectivity index (χ1) is 12.0. The van der Waals surface area contributed by atoms with Crippen LogP contribution >= 0.6 is 11.6 Å². The molecule has 0 saturated carbocycles. The molecular formula is C21H23ClN2O. The van der Waals surface area contributed by atoms with Gasteiger partial charge in [0.1, 0.15) is 5.69 Å². The summed E-state index contributed by atoms with van der Waals surface area (Å²) in [5.41, 5.74) is 4.63. The number of benzene rings is 2. The number of rotatable bonds is 5. The average Bonchev–Trinajstić information content (AvgIpc) is 2.88. The smallest absolute Gasteiger partial charge is 0.272 e. The molecule has 130 valence electrons. The van der Waals surface area contributed by atoms with Gasteiger partial charge < -0.3 is 9.88 Å². The molecule has 3 aromatic rings. The molecule has 25 heavy (non-hydrogen) atoms. The molecule has 1 amide bonds. The Morgan fingerprint density at radius 1 is 1.16 bits per heavy atom. The van der Waals surface area contributed by atoms with Crippen LogP contribution in [0.15, 0.2) is 42.5 Å². The standard InChI is InChI=1S/C21H23ClN2O/c1-4-5-12-24-19-9-7-6-8-17(19)15(3)20(24)21(25)23-18-11-10-16(22)13-14(18)2/h6-11,13H,4-5,12H2,1-3H3,(H,23,25). The highest BCUT2D eigenvalue weighted by Crippen LogP contribution is 2.28. The second kappa shape index (κ2) is 7.32. The van der Waals surface area contributed by atoms with Crippen molar-refractivity contribution in [2.75, 3.05) is 5.32 Å². The van der Waals surface area contributed by atoms with E-state index < -0.39 is 0 Å². The zero-order valence-corrected chi connectivity index (χ0v) is 15.7. The van der Waals surface area contributed by atoms with Gasteiger partial charge in [-0.15, -0.1) is 0 Å². The van der Waals surface area contributed by atoms with Crippen LogP contribution in [0.3, 0.4) is 0 Å². The molecule has 0 aliphatic heterocycles. The highest BCUT2D eigenvalue weighted by atomic mass is 35.5. The summed E-state index contributed by atoms with van der Waals surface area (Å²) in [5, 5.41) is 4.86. The van der Waals surface area contributed by atoms with E-state index in [4.69, 9.17) is 11.6 Å². The second-order valence-corrected chi connectivity index (χ2v) is 6.85. The summed E-state index contributed by atoms with van der Waals surface area (Å²) in [5.74, 6) is -0.0739. The van der Waals surface area contributed by atoms with E-state index in [0.717, 1.165) is 52.8 Å². The van der Waals surface area contributed by atoms with Crippen LogP contribution in [0.1, 0.15) is 41.4 Å². The van der Waals surface area contributed by atoms with Gasteiger partial charge in [-0.1, -0.05) is 43.1 Å². The molecule has 0 atom stereocenters. The Morgan fingerprint density at radius 2 is 1.92 bits per heavy atom. The molecule has 0 aliphatic carbocycles. The van der Waals surface area contributed by atoms with Crippen molar-refractivity contribution in [1.29, 1.82) is 0 Å². The van der Waals surface area contributed by atoms with Crippen molar-refractivity contribution in [3.05, 3.63) is 64.3 Å². The fraction of sp³-hybridized carbons (Fsp3) is 0.286. The summed E-state index contributed by atoms with van der Waals surface area (Å²) in [6, 6.07) is 13.7. The summed E-state index contributed by atoms with van der Waals surface area (Å²) in [6.45, 7) is 6.97. The largest absolute Gasteiger partial charge is 0.336 e. The molecule has 0 radical (unpaired) electrons. The van der Waals surface area contributed by atoms with Gasteiger partial charge in [0, 0.05) is 28.2 Å². The Balaban J connectivity index is 2.04. The molecule has 3 rings (SSSR count). The number of amides is 1. The zero-order chi connectivity index (χ0) is 18.0. The molecule has 0 unspecified atom stereocenters. The number of unbranched alkanes of at least 4 members (excludes halogenated alkanes) is 1. The van der Waals surface area contributed by atoms with Crippen LogP contribution < -0.4 is 5.32 Å². The van der Waals surface area contributed by atoms with Crippen molar-refractivity contribution < 1.29 is 4.79 Å². The zero-order valence-electron chi connectivity index (χ0n) is 14.9. The lowest BCUT2D eigenvalue weighted by Gasteiger charge is -2.13. The lowest BCUT2D eigenvalue weighted by atomic mass is 10.1. The molecule has 1 heterocycles. The molecule has 2 aromatic carbocycles. The number of hydrogen-bond donors (Lipinski definition) is 1. The van der Waals surface area contributed by atoms with Crippen LogP contribution in [0.5, 0.6) is 0 Å². The number of carbonyl (C=O) groups is 1. The number of hydrogen-bond acceptors (Lipinski definition) is 1. The Morgan fingerprint density at radius 3 is 2.64 bits per heavy atom. The number of para-hydroxylation sites is 1. The Labute approximate surface area is 153 Å². The Kier molecular flexibility index (Phi) is 5.14. The van der Waals surface area contributed by atoms with Crippen molar-refractivity contribution in [2.45, 2.75) is 40.2 Å². The number of aromatic nitrogens is 1. The normalized spacial score (nSPS) is 11.0. The minimum atomic E-state index is -0.0739. The lowest BCUT2D eigenvalue weighted by Crippen LogP contribution is -2.19. The van der Waals surface area contributed by atoms with Crippen LogP contribution in [-0.4, -0.2) is 10.5 Å². The van der Waals surface area contributed by atoms with Gasteiger partial charge in [0.25, 0.3) is 5.91 Å². The van der Waals surface area contributed by atoms with Gasteiger partial charge in [0.15, 0.2) is 0 Å². The third kappa shape index (κ3) is 3.42. The first-order valence-electron chi connectivity index (χ1n) is 8.68. The van der Waals surface area contributed by atoms with Crippen molar-refractivity contribution in [3.8, 4) is 0 Å². The van der Waals surface area contributed by atoms with Crippen molar-refractivity contribution >= 4 is 34.1 Å². The van der Waals surface area contributed by atoms with Gasteiger partial charge in [0.2, 0.25) is 0 Å². The first-order valence-corrected chi connectivity index (χ1v) is 9.06. The van der Waals surface area contributed by atoms with E-state index in [-0.39, 0.29) is 5.91 Å². The summed E-state index contributed by atoms with van der Waals surface area (Å²) in [6.07, 6.45) is 2.13.